The van der Waals surface area contributed by atoms with Crippen molar-refractivity contribution >= 4 is 11.6 Å². The minimum atomic E-state index is -0.204. The summed E-state index contributed by atoms with van der Waals surface area (Å²) in [6.45, 7) is 2.35. The van der Waals surface area contributed by atoms with Crippen molar-refractivity contribution in [2.45, 2.75) is 31.7 Å². The zero-order chi connectivity index (χ0) is 13.3. The maximum atomic E-state index is 13.9. The van der Waals surface area contributed by atoms with Crippen molar-refractivity contribution in [3.63, 3.8) is 0 Å². The number of ether oxygens (including phenoxy) is 1. The Hall–Kier alpha value is -0.640. The van der Waals surface area contributed by atoms with Gasteiger partial charge >= 0.3 is 0 Å². The fourth-order valence-electron chi connectivity index (χ4n) is 2.72. The number of hydrogen-bond donors (Lipinski definition) is 1. The summed E-state index contributed by atoms with van der Waals surface area (Å²) in [4.78, 5) is 0. The largest absolute Gasteiger partial charge is 0.381 e. The molecule has 1 saturated carbocycles. The standard InChI is InChI=1S/C15H19ClFNO/c16-13-2-1-3-14(17)12(13)8-15(6-7-19-10-15)9-18-11-4-5-11/h1-3,11,18H,4-10H2. The summed E-state index contributed by atoms with van der Waals surface area (Å²) < 4.78 is 19.5. The molecule has 0 spiro atoms. The molecule has 1 heterocycles. The molecule has 3 rings (SSSR count). The highest BCUT2D eigenvalue weighted by Gasteiger charge is 2.37. The van der Waals surface area contributed by atoms with E-state index in [-0.39, 0.29) is 11.2 Å². The third-order valence-electron chi connectivity index (χ3n) is 4.14. The molecule has 19 heavy (non-hydrogen) atoms. The molecule has 2 aliphatic rings. The predicted octanol–water partition coefficient (Wildman–Crippen LogP) is 3.18. The van der Waals surface area contributed by atoms with Crippen LogP contribution in [0.15, 0.2) is 18.2 Å². The highest BCUT2D eigenvalue weighted by molar-refractivity contribution is 6.31. The molecule has 2 fully saturated rings. The summed E-state index contributed by atoms with van der Waals surface area (Å²) in [5.74, 6) is -0.204. The van der Waals surface area contributed by atoms with E-state index in [2.05, 4.69) is 5.32 Å². The summed E-state index contributed by atoms with van der Waals surface area (Å²) in [6, 6.07) is 5.56. The van der Waals surface area contributed by atoms with Crippen LogP contribution in [0.4, 0.5) is 4.39 Å². The van der Waals surface area contributed by atoms with Gasteiger partial charge in [0.05, 0.1) is 6.61 Å². The van der Waals surface area contributed by atoms with Crippen molar-refractivity contribution in [2.24, 2.45) is 5.41 Å². The smallest absolute Gasteiger partial charge is 0.127 e. The van der Waals surface area contributed by atoms with Gasteiger partial charge in [-0.3, -0.25) is 0 Å². The van der Waals surface area contributed by atoms with Crippen molar-refractivity contribution in [1.29, 1.82) is 0 Å². The quantitative estimate of drug-likeness (QED) is 0.896. The van der Waals surface area contributed by atoms with Gasteiger partial charge in [0.25, 0.3) is 0 Å². The van der Waals surface area contributed by atoms with Gasteiger partial charge in [-0.25, -0.2) is 4.39 Å². The molecule has 1 aromatic rings. The van der Waals surface area contributed by atoms with E-state index >= 15 is 0 Å². The Kier molecular flexibility index (Phi) is 3.79. The summed E-state index contributed by atoms with van der Waals surface area (Å²) in [6.07, 6.45) is 4.14. The van der Waals surface area contributed by atoms with E-state index in [1.807, 2.05) is 0 Å². The van der Waals surface area contributed by atoms with Crippen molar-refractivity contribution < 1.29 is 9.13 Å². The van der Waals surface area contributed by atoms with Crippen LogP contribution >= 0.6 is 11.6 Å². The van der Waals surface area contributed by atoms with Crippen LogP contribution in [0.2, 0.25) is 5.02 Å². The SMILES string of the molecule is Fc1cccc(Cl)c1CC1(CNC2CC2)CCOC1. The van der Waals surface area contributed by atoms with Crippen LogP contribution in [0.3, 0.4) is 0 Å². The Labute approximate surface area is 118 Å². The lowest BCUT2D eigenvalue weighted by atomic mass is 9.80. The lowest BCUT2D eigenvalue weighted by Crippen LogP contribution is -2.38. The molecule has 2 nitrogen and oxygen atoms in total. The predicted molar refractivity (Wildman–Crippen MR) is 74.0 cm³/mol. The van der Waals surface area contributed by atoms with Gasteiger partial charge in [-0.1, -0.05) is 17.7 Å². The van der Waals surface area contributed by atoms with Gasteiger partial charge in [-0.2, -0.15) is 0 Å². The molecule has 104 valence electrons. The Bertz CT molecular complexity index is 435. The summed E-state index contributed by atoms with van der Waals surface area (Å²) in [5.41, 5.74) is 0.626. The van der Waals surface area contributed by atoms with Crippen molar-refractivity contribution in [1.82, 2.24) is 5.32 Å². The average Bonchev–Trinajstić information content (AvgIpc) is 3.12. The molecular formula is C15H19ClFNO. The zero-order valence-corrected chi connectivity index (χ0v) is 11.7. The van der Waals surface area contributed by atoms with E-state index < -0.39 is 0 Å². The van der Waals surface area contributed by atoms with Gasteiger partial charge in [0, 0.05) is 35.2 Å². The second-order valence-electron chi connectivity index (χ2n) is 5.83. The molecule has 1 unspecified atom stereocenters. The molecule has 0 aromatic heterocycles. The Morgan fingerprint density at radius 2 is 2.26 bits per heavy atom. The Balaban J connectivity index is 1.76. The minimum Gasteiger partial charge on any atom is -0.381 e. The Morgan fingerprint density at radius 1 is 1.42 bits per heavy atom. The molecule has 0 amide bonds. The number of benzene rings is 1. The number of rotatable bonds is 5. The molecule has 0 bridgehead atoms. The number of halogens is 2. The van der Waals surface area contributed by atoms with Crippen LogP contribution in [0.25, 0.3) is 0 Å². The molecule has 1 aromatic carbocycles. The third kappa shape index (κ3) is 3.10. The first-order valence-electron chi connectivity index (χ1n) is 6.93. The van der Waals surface area contributed by atoms with Gasteiger partial charge in [-0.15, -0.1) is 0 Å². The minimum absolute atomic E-state index is 0.00553. The van der Waals surface area contributed by atoms with E-state index in [0.29, 0.717) is 29.7 Å². The van der Waals surface area contributed by atoms with Crippen molar-refractivity contribution in [3.8, 4) is 0 Å². The van der Waals surface area contributed by atoms with E-state index in [0.717, 1.165) is 19.6 Å². The van der Waals surface area contributed by atoms with Crippen molar-refractivity contribution in [3.05, 3.63) is 34.6 Å². The van der Waals surface area contributed by atoms with Crippen LogP contribution in [-0.2, 0) is 11.2 Å². The van der Waals surface area contributed by atoms with E-state index in [9.17, 15) is 4.39 Å². The van der Waals surface area contributed by atoms with Gasteiger partial charge in [0.15, 0.2) is 0 Å². The Morgan fingerprint density at radius 3 is 2.89 bits per heavy atom. The van der Waals surface area contributed by atoms with Crippen LogP contribution in [0.5, 0.6) is 0 Å². The van der Waals surface area contributed by atoms with E-state index in [4.69, 9.17) is 16.3 Å². The van der Waals surface area contributed by atoms with E-state index in [1.54, 1.807) is 12.1 Å². The fourth-order valence-corrected chi connectivity index (χ4v) is 2.95. The van der Waals surface area contributed by atoms with E-state index in [1.165, 1.54) is 18.9 Å². The van der Waals surface area contributed by atoms with Gasteiger partial charge < -0.3 is 10.1 Å². The van der Waals surface area contributed by atoms with Crippen molar-refractivity contribution in [2.75, 3.05) is 19.8 Å². The molecule has 1 N–H and O–H groups in total. The highest BCUT2D eigenvalue weighted by atomic mass is 35.5. The van der Waals surface area contributed by atoms with Crippen LogP contribution in [0, 0.1) is 11.2 Å². The first kappa shape index (κ1) is 13.3. The summed E-state index contributed by atoms with van der Waals surface area (Å²) >= 11 is 6.14. The van der Waals surface area contributed by atoms with Gasteiger partial charge in [0.1, 0.15) is 5.82 Å². The highest BCUT2D eigenvalue weighted by Crippen LogP contribution is 2.36. The molecule has 1 saturated heterocycles. The molecule has 1 atom stereocenters. The number of nitrogens with one attached hydrogen (secondary N) is 1. The molecule has 1 aliphatic heterocycles. The summed E-state index contributed by atoms with van der Waals surface area (Å²) in [5, 5.41) is 4.08. The summed E-state index contributed by atoms with van der Waals surface area (Å²) in [7, 11) is 0. The monoisotopic (exact) mass is 283 g/mol. The topological polar surface area (TPSA) is 21.3 Å². The molecule has 4 heteroatoms. The molecular weight excluding hydrogens is 265 g/mol. The lowest BCUT2D eigenvalue weighted by Gasteiger charge is -2.28. The zero-order valence-electron chi connectivity index (χ0n) is 10.9. The average molecular weight is 284 g/mol. The molecule has 0 radical (unpaired) electrons. The third-order valence-corrected chi connectivity index (χ3v) is 4.50. The number of hydrogen-bond acceptors (Lipinski definition) is 2. The second kappa shape index (κ2) is 5.39. The second-order valence-corrected chi connectivity index (χ2v) is 6.24. The van der Waals surface area contributed by atoms with Crippen LogP contribution in [-0.4, -0.2) is 25.8 Å². The lowest BCUT2D eigenvalue weighted by molar-refractivity contribution is 0.148. The molecule has 1 aliphatic carbocycles. The maximum Gasteiger partial charge on any atom is 0.127 e. The van der Waals surface area contributed by atoms with Crippen LogP contribution < -0.4 is 5.32 Å². The maximum absolute atomic E-state index is 13.9. The first-order chi connectivity index (χ1) is 9.19. The van der Waals surface area contributed by atoms with Crippen LogP contribution in [0.1, 0.15) is 24.8 Å². The normalized spacial score (nSPS) is 26.8. The van der Waals surface area contributed by atoms with Gasteiger partial charge in [0.2, 0.25) is 0 Å². The first-order valence-corrected chi connectivity index (χ1v) is 7.30. The fraction of sp³-hybridized carbons (Fsp3) is 0.600. The van der Waals surface area contributed by atoms with Gasteiger partial charge in [-0.05, 0) is 37.8 Å².